The molecule has 1 heterocycles. The van der Waals surface area contributed by atoms with Gasteiger partial charge in [0.25, 0.3) is 0 Å². The van der Waals surface area contributed by atoms with Gasteiger partial charge in [-0.15, -0.1) is 0 Å². The molecule has 1 aromatic carbocycles. The number of nitrogens with zero attached hydrogens (tertiary/aromatic N) is 2. The molecule has 1 N–H and O–H groups in total. The molecular weight excluding hydrogens is 240 g/mol. The molecule has 0 atom stereocenters. The van der Waals surface area contributed by atoms with Crippen LogP contribution in [0.1, 0.15) is 43.0 Å². The third kappa shape index (κ3) is 1.91. The molecule has 0 aliphatic heterocycles. The molecule has 2 aromatic rings. The highest BCUT2D eigenvalue weighted by molar-refractivity contribution is 6.00. The lowest BCUT2D eigenvalue weighted by molar-refractivity contribution is 0.0699. The van der Waals surface area contributed by atoms with Crippen LogP contribution in [0.3, 0.4) is 0 Å². The normalized spacial score (nSPS) is 17.3. The summed E-state index contributed by atoms with van der Waals surface area (Å²) in [6.07, 6.45) is 6.79. The highest BCUT2D eigenvalue weighted by Crippen LogP contribution is 2.45. The Morgan fingerprint density at radius 1 is 1.47 bits per heavy atom. The Balaban J connectivity index is 2.01. The van der Waals surface area contributed by atoms with Crippen LogP contribution in [0.4, 0.5) is 0 Å². The van der Waals surface area contributed by atoms with Crippen molar-refractivity contribution in [2.45, 2.75) is 39.2 Å². The number of fused-ring (bicyclic) bond motifs is 1. The van der Waals surface area contributed by atoms with Crippen molar-refractivity contribution in [3.8, 4) is 0 Å². The Kier molecular flexibility index (Phi) is 2.81. The van der Waals surface area contributed by atoms with Crippen LogP contribution in [-0.2, 0) is 6.54 Å². The minimum absolute atomic E-state index is 0.287. The average Bonchev–Trinajstić information content (AvgIpc) is 2.76. The van der Waals surface area contributed by atoms with E-state index >= 15 is 0 Å². The summed E-state index contributed by atoms with van der Waals surface area (Å²) in [5.41, 5.74) is 2.21. The number of imidazole rings is 1. The minimum Gasteiger partial charge on any atom is -0.478 e. The molecule has 1 fully saturated rings. The molecule has 1 aromatic heterocycles. The average molecular weight is 258 g/mol. The molecule has 0 amide bonds. The highest BCUT2D eigenvalue weighted by Gasteiger charge is 2.35. The second kappa shape index (κ2) is 4.37. The summed E-state index contributed by atoms with van der Waals surface area (Å²) in [6, 6.07) is 5.36. The predicted octanol–water partition coefficient (Wildman–Crippen LogP) is 3.31. The van der Waals surface area contributed by atoms with Gasteiger partial charge in [0.2, 0.25) is 0 Å². The second-order valence-electron chi connectivity index (χ2n) is 5.56. The van der Waals surface area contributed by atoms with Crippen LogP contribution < -0.4 is 0 Å². The molecule has 0 bridgehead atoms. The SMILES string of the molecule is CCC1(Cn2cnc3c(C(=O)O)cccc32)CCC1. The van der Waals surface area contributed by atoms with Crippen molar-refractivity contribution < 1.29 is 9.90 Å². The summed E-state index contributed by atoms with van der Waals surface area (Å²) < 4.78 is 2.12. The number of aromatic nitrogens is 2. The molecule has 4 nitrogen and oxygen atoms in total. The van der Waals surface area contributed by atoms with Crippen LogP contribution in [-0.4, -0.2) is 20.6 Å². The van der Waals surface area contributed by atoms with E-state index in [1.165, 1.54) is 25.7 Å². The number of hydrogen-bond donors (Lipinski definition) is 1. The molecule has 1 aliphatic carbocycles. The maximum absolute atomic E-state index is 11.2. The van der Waals surface area contributed by atoms with Crippen molar-refractivity contribution in [3.05, 3.63) is 30.1 Å². The fourth-order valence-electron chi connectivity index (χ4n) is 3.05. The second-order valence-corrected chi connectivity index (χ2v) is 5.56. The van der Waals surface area contributed by atoms with Crippen LogP contribution in [0.2, 0.25) is 0 Å². The number of carboxylic acids is 1. The van der Waals surface area contributed by atoms with E-state index < -0.39 is 5.97 Å². The number of carbonyl (C=O) groups is 1. The van der Waals surface area contributed by atoms with Crippen LogP contribution in [0, 0.1) is 5.41 Å². The topological polar surface area (TPSA) is 55.1 Å². The molecule has 0 saturated heterocycles. The summed E-state index contributed by atoms with van der Waals surface area (Å²) in [7, 11) is 0. The fourth-order valence-corrected chi connectivity index (χ4v) is 3.05. The van der Waals surface area contributed by atoms with E-state index in [1.807, 2.05) is 6.07 Å². The van der Waals surface area contributed by atoms with E-state index in [-0.39, 0.29) is 5.56 Å². The van der Waals surface area contributed by atoms with E-state index in [2.05, 4.69) is 16.5 Å². The zero-order valence-corrected chi connectivity index (χ0v) is 11.1. The zero-order chi connectivity index (χ0) is 13.5. The van der Waals surface area contributed by atoms with Crippen molar-refractivity contribution in [2.24, 2.45) is 5.41 Å². The third-order valence-electron chi connectivity index (χ3n) is 4.55. The lowest BCUT2D eigenvalue weighted by Crippen LogP contribution is -2.33. The third-order valence-corrected chi connectivity index (χ3v) is 4.55. The van der Waals surface area contributed by atoms with Crippen LogP contribution in [0.15, 0.2) is 24.5 Å². The van der Waals surface area contributed by atoms with Gasteiger partial charge in [0, 0.05) is 6.54 Å². The molecular formula is C15H18N2O2. The largest absolute Gasteiger partial charge is 0.478 e. The molecule has 100 valence electrons. The predicted molar refractivity (Wildman–Crippen MR) is 73.3 cm³/mol. The molecule has 1 saturated carbocycles. The van der Waals surface area contributed by atoms with E-state index in [0.717, 1.165) is 12.1 Å². The summed E-state index contributed by atoms with van der Waals surface area (Å²) in [6.45, 7) is 3.18. The Morgan fingerprint density at radius 2 is 2.26 bits per heavy atom. The Labute approximate surface area is 112 Å². The Morgan fingerprint density at radius 3 is 2.84 bits per heavy atom. The molecule has 19 heavy (non-hydrogen) atoms. The summed E-state index contributed by atoms with van der Waals surface area (Å²) in [4.78, 5) is 15.5. The van der Waals surface area contributed by atoms with Crippen molar-refractivity contribution >= 4 is 17.0 Å². The van der Waals surface area contributed by atoms with Crippen LogP contribution in [0.25, 0.3) is 11.0 Å². The van der Waals surface area contributed by atoms with Gasteiger partial charge in [-0.3, -0.25) is 0 Å². The first-order chi connectivity index (χ1) is 9.15. The van der Waals surface area contributed by atoms with Gasteiger partial charge in [0.05, 0.1) is 17.4 Å². The lowest BCUT2D eigenvalue weighted by atomic mass is 9.67. The maximum atomic E-state index is 11.2. The van der Waals surface area contributed by atoms with E-state index in [1.54, 1.807) is 18.5 Å². The molecule has 0 unspecified atom stereocenters. The van der Waals surface area contributed by atoms with Gasteiger partial charge in [-0.2, -0.15) is 0 Å². The summed E-state index contributed by atoms with van der Waals surface area (Å²) in [5.74, 6) is -0.912. The molecule has 3 rings (SSSR count). The van der Waals surface area contributed by atoms with Gasteiger partial charge < -0.3 is 9.67 Å². The first-order valence-corrected chi connectivity index (χ1v) is 6.82. The van der Waals surface area contributed by atoms with Crippen molar-refractivity contribution in [1.82, 2.24) is 9.55 Å². The van der Waals surface area contributed by atoms with Crippen LogP contribution >= 0.6 is 0 Å². The fraction of sp³-hybridized carbons (Fsp3) is 0.467. The molecule has 0 spiro atoms. The lowest BCUT2D eigenvalue weighted by Gasteiger charge is -2.41. The first-order valence-electron chi connectivity index (χ1n) is 6.82. The van der Waals surface area contributed by atoms with Gasteiger partial charge in [-0.25, -0.2) is 9.78 Å². The van der Waals surface area contributed by atoms with Crippen molar-refractivity contribution in [2.75, 3.05) is 0 Å². The zero-order valence-electron chi connectivity index (χ0n) is 11.1. The number of carboxylic acid groups (broad SMARTS) is 1. The molecule has 4 heteroatoms. The van der Waals surface area contributed by atoms with Gasteiger partial charge in [0.1, 0.15) is 5.52 Å². The highest BCUT2D eigenvalue weighted by atomic mass is 16.4. The maximum Gasteiger partial charge on any atom is 0.337 e. The van der Waals surface area contributed by atoms with Crippen molar-refractivity contribution in [1.29, 1.82) is 0 Å². The molecule has 1 aliphatic rings. The quantitative estimate of drug-likeness (QED) is 0.915. The Bertz CT molecular complexity index is 621. The number of para-hydroxylation sites is 1. The smallest absolute Gasteiger partial charge is 0.337 e. The van der Waals surface area contributed by atoms with Crippen molar-refractivity contribution in [3.63, 3.8) is 0 Å². The number of aromatic carboxylic acids is 1. The van der Waals surface area contributed by atoms with E-state index in [0.29, 0.717) is 10.9 Å². The number of rotatable bonds is 4. The van der Waals surface area contributed by atoms with E-state index in [9.17, 15) is 9.90 Å². The Hall–Kier alpha value is -1.84. The standard InChI is InChI=1S/C15H18N2O2/c1-2-15(7-4-8-15)9-17-10-16-13-11(14(18)19)5-3-6-12(13)17/h3,5-6,10H,2,4,7-9H2,1H3,(H,18,19). The monoisotopic (exact) mass is 258 g/mol. The minimum atomic E-state index is -0.912. The number of hydrogen-bond acceptors (Lipinski definition) is 2. The van der Waals surface area contributed by atoms with Gasteiger partial charge >= 0.3 is 5.97 Å². The number of benzene rings is 1. The summed E-state index contributed by atoms with van der Waals surface area (Å²) in [5, 5.41) is 9.18. The van der Waals surface area contributed by atoms with E-state index in [4.69, 9.17) is 0 Å². The van der Waals surface area contributed by atoms with Gasteiger partial charge in [-0.1, -0.05) is 19.4 Å². The van der Waals surface area contributed by atoms with Gasteiger partial charge in [-0.05, 0) is 36.8 Å². The van der Waals surface area contributed by atoms with Crippen LogP contribution in [0.5, 0.6) is 0 Å². The summed E-state index contributed by atoms with van der Waals surface area (Å²) >= 11 is 0. The van der Waals surface area contributed by atoms with Gasteiger partial charge in [0.15, 0.2) is 0 Å². The molecule has 0 radical (unpaired) electrons. The first kappa shape index (κ1) is 12.2.